The zero-order chi connectivity index (χ0) is 14.3. The number of benzene rings is 1. The van der Waals surface area contributed by atoms with Gasteiger partial charge in [-0.2, -0.15) is 0 Å². The predicted octanol–water partition coefficient (Wildman–Crippen LogP) is 3.09. The number of methoxy groups -OCH3 is 1. The molecule has 0 radical (unpaired) electrons. The van der Waals surface area contributed by atoms with Gasteiger partial charge in [-0.25, -0.2) is 0 Å². The highest BCUT2D eigenvalue weighted by Crippen LogP contribution is 2.29. The molecule has 0 bridgehead atoms. The zero-order valence-electron chi connectivity index (χ0n) is 12.2. The number of hydrogen-bond donors (Lipinski definition) is 1. The van der Waals surface area contributed by atoms with Crippen LogP contribution in [0.1, 0.15) is 25.8 Å². The van der Waals surface area contributed by atoms with Crippen LogP contribution in [-0.2, 0) is 11.2 Å². The van der Waals surface area contributed by atoms with Crippen LogP contribution in [0.5, 0.6) is 0 Å². The molecular formula is C15H25ClN2O. The van der Waals surface area contributed by atoms with Crippen LogP contribution in [0.25, 0.3) is 0 Å². The monoisotopic (exact) mass is 284 g/mol. The van der Waals surface area contributed by atoms with E-state index in [1.807, 2.05) is 12.1 Å². The number of likely N-dealkylation sites (N-methyl/N-ethyl adjacent to an activating group) is 1. The molecule has 108 valence electrons. The summed E-state index contributed by atoms with van der Waals surface area (Å²) in [6.45, 7) is 6.74. The first-order valence-corrected chi connectivity index (χ1v) is 7.28. The fourth-order valence-corrected chi connectivity index (χ4v) is 2.35. The van der Waals surface area contributed by atoms with Gasteiger partial charge in [0.15, 0.2) is 0 Å². The van der Waals surface area contributed by atoms with E-state index in [0.717, 1.165) is 36.5 Å². The molecule has 1 aromatic rings. The molecular weight excluding hydrogens is 260 g/mol. The van der Waals surface area contributed by atoms with Gasteiger partial charge in [0, 0.05) is 37.0 Å². The van der Waals surface area contributed by atoms with Crippen molar-refractivity contribution >= 4 is 17.3 Å². The largest absolute Gasteiger partial charge is 0.383 e. The Morgan fingerprint density at radius 2 is 2.11 bits per heavy atom. The molecule has 2 N–H and O–H groups in total. The van der Waals surface area contributed by atoms with Crippen molar-refractivity contribution in [1.29, 1.82) is 0 Å². The highest BCUT2D eigenvalue weighted by molar-refractivity contribution is 6.31. The van der Waals surface area contributed by atoms with Gasteiger partial charge in [-0.05, 0) is 37.5 Å². The van der Waals surface area contributed by atoms with Gasteiger partial charge >= 0.3 is 0 Å². The van der Waals surface area contributed by atoms with Crippen molar-refractivity contribution in [2.45, 2.75) is 32.7 Å². The number of halogens is 1. The molecule has 0 heterocycles. The number of hydrogen-bond acceptors (Lipinski definition) is 3. The molecule has 1 unspecified atom stereocenters. The lowest BCUT2D eigenvalue weighted by atomic mass is 10.0. The van der Waals surface area contributed by atoms with E-state index >= 15 is 0 Å². The van der Waals surface area contributed by atoms with Crippen LogP contribution in [-0.4, -0.2) is 32.8 Å². The Labute approximate surface area is 121 Å². The third-order valence-corrected chi connectivity index (χ3v) is 3.73. The maximum absolute atomic E-state index is 6.35. The van der Waals surface area contributed by atoms with Crippen LogP contribution in [0, 0.1) is 0 Å². The molecule has 0 fully saturated rings. The van der Waals surface area contributed by atoms with Gasteiger partial charge in [0.2, 0.25) is 0 Å². The van der Waals surface area contributed by atoms with Crippen LogP contribution in [0.15, 0.2) is 18.2 Å². The molecule has 0 amide bonds. The first-order valence-electron chi connectivity index (χ1n) is 6.90. The second-order valence-electron chi connectivity index (χ2n) is 4.68. The van der Waals surface area contributed by atoms with Crippen molar-refractivity contribution in [2.75, 3.05) is 31.7 Å². The fraction of sp³-hybridized carbons (Fsp3) is 0.600. The molecule has 0 aromatic heterocycles. The van der Waals surface area contributed by atoms with Crippen LogP contribution >= 0.6 is 11.6 Å². The molecule has 0 aliphatic rings. The third-order valence-electron chi connectivity index (χ3n) is 3.37. The van der Waals surface area contributed by atoms with E-state index < -0.39 is 0 Å². The smallest absolute Gasteiger partial charge is 0.0637 e. The van der Waals surface area contributed by atoms with Gasteiger partial charge in [0.05, 0.1) is 6.61 Å². The Bertz CT molecular complexity index is 384. The Morgan fingerprint density at radius 3 is 2.68 bits per heavy atom. The maximum Gasteiger partial charge on any atom is 0.0637 e. The number of rotatable bonds is 8. The first-order chi connectivity index (χ1) is 9.13. The van der Waals surface area contributed by atoms with Gasteiger partial charge in [-0.3, -0.25) is 0 Å². The van der Waals surface area contributed by atoms with E-state index in [-0.39, 0.29) is 6.04 Å². The summed E-state index contributed by atoms with van der Waals surface area (Å²) in [6.07, 6.45) is 1.77. The summed E-state index contributed by atoms with van der Waals surface area (Å²) in [5, 5.41) is 0.803. The van der Waals surface area contributed by atoms with E-state index in [4.69, 9.17) is 22.1 Å². The normalized spacial score (nSPS) is 12.5. The van der Waals surface area contributed by atoms with Crippen LogP contribution in [0.3, 0.4) is 0 Å². The SMILES string of the molecule is CCC(N)Cc1c(Cl)cccc1N(CC)CCOC. The topological polar surface area (TPSA) is 38.5 Å². The number of anilines is 1. The van der Waals surface area contributed by atoms with Crippen LogP contribution in [0.2, 0.25) is 5.02 Å². The van der Waals surface area contributed by atoms with Crippen molar-refractivity contribution in [3.05, 3.63) is 28.8 Å². The molecule has 0 saturated heterocycles. The van der Waals surface area contributed by atoms with Crippen LogP contribution in [0.4, 0.5) is 5.69 Å². The molecule has 0 aliphatic heterocycles. The van der Waals surface area contributed by atoms with Crippen LogP contribution < -0.4 is 10.6 Å². The van der Waals surface area contributed by atoms with Gasteiger partial charge in [0.25, 0.3) is 0 Å². The third kappa shape index (κ3) is 4.68. The molecule has 19 heavy (non-hydrogen) atoms. The van der Waals surface area contributed by atoms with E-state index in [9.17, 15) is 0 Å². The van der Waals surface area contributed by atoms with Gasteiger partial charge in [-0.1, -0.05) is 24.6 Å². The van der Waals surface area contributed by atoms with E-state index in [1.54, 1.807) is 7.11 Å². The number of ether oxygens (including phenoxy) is 1. The Morgan fingerprint density at radius 1 is 1.37 bits per heavy atom. The minimum Gasteiger partial charge on any atom is -0.383 e. The summed E-state index contributed by atoms with van der Waals surface area (Å²) < 4.78 is 5.17. The standard InChI is InChI=1S/C15H25ClN2O/c1-4-12(17)11-13-14(16)7-6-8-15(13)18(5-2)9-10-19-3/h6-8,12H,4-5,9-11,17H2,1-3H3. The highest BCUT2D eigenvalue weighted by atomic mass is 35.5. The summed E-state index contributed by atoms with van der Waals surface area (Å²) in [7, 11) is 1.72. The lowest BCUT2D eigenvalue weighted by molar-refractivity contribution is 0.205. The quantitative estimate of drug-likeness (QED) is 0.797. The molecule has 0 saturated carbocycles. The minimum absolute atomic E-state index is 0.153. The van der Waals surface area contributed by atoms with Crippen molar-refractivity contribution in [2.24, 2.45) is 5.73 Å². The van der Waals surface area contributed by atoms with Crippen molar-refractivity contribution in [1.82, 2.24) is 0 Å². The van der Waals surface area contributed by atoms with Crippen molar-refractivity contribution in [3.8, 4) is 0 Å². The summed E-state index contributed by atoms with van der Waals surface area (Å²) in [5.74, 6) is 0. The van der Waals surface area contributed by atoms with Gasteiger partial charge in [0.1, 0.15) is 0 Å². The Balaban J connectivity index is 3.00. The Hall–Kier alpha value is -0.770. The number of nitrogens with zero attached hydrogens (tertiary/aromatic N) is 1. The molecule has 1 aromatic carbocycles. The lowest BCUT2D eigenvalue weighted by Crippen LogP contribution is -2.29. The molecule has 0 spiro atoms. The Kier molecular flexibility index (Phi) is 7.21. The van der Waals surface area contributed by atoms with Gasteiger partial charge < -0.3 is 15.4 Å². The van der Waals surface area contributed by atoms with E-state index in [1.165, 1.54) is 5.69 Å². The second kappa shape index (κ2) is 8.41. The molecule has 0 aliphatic carbocycles. The summed E-state index contributed by atoms with van der Waals surface area (Å²) in [4.78, 5) is 2.28. The average molecular weight is 285 g/mol. The lowest BCUT2D eigenvalue weighted by Gasteiger charge is -2.27. The van der Waals surface area contributed by atoms with Crippen molar-refractivity contribution < 1.29 is 4.74 Å². The second-order valence-corrected chi connectivity index (χ2v) is 5.09. The average Bonchev–Trinajstić information content (AvgIpc) is 2.42. The fourth-order valence-electron chi connectivity index (χ4n) is 2.10. The highest BCUT2D eigenvalue weighted by Gasteiger charge is 2.14. The molecule has 1 atom stereocenters. The van der Waals surface area contributed by atoms with Crippen molar-refractivity contribution in [3.63, 3.8) is 0 Å². The molecule has 1 rings (SSSR count). The summed E-state index contributed by atoms with van der Waals surface area (Å²) in [5.41, 5.74) is 8.41. The maximum atomic E-state index is 6.35. The predicted molar refractivity (Wildman–Crippen MR) is 83.2 cm³/mol. The summed E-state index contributed by atoms with van der Waals surface area (Å²) >= 11 is 6.35. The molecule has 4 heteroatoms. The van der Waals surface area contributed by atoms with Gasteiger partial charge in [-0.15, -0.1) is 0 Å². The molecule has 3 nitrogen and oxygen atoms in total. The zero-order valence-corrected chi connectivity index (χ0v) is 12.9. The van der Waals surface area contributed by atoms with E-state index in [2.05, 4.69) is 24.8 Å². The summed E-state index contributed by atoms with van der Waals surface area (Å²) in [6, 6.07) is 6.20. The first kappa shape index (κ1) is 16.3. The minimum atomic E-state index is 0.153. The van der Waals surface area contributed by atoms with E-state index in [0.29, 0.717) is 6.61 Å². The number of nitrogens with two attached hydrogens (primary N) is 1.